The Balaban J connectivity index is 1.02. The van der Waals surface area contributed by atoms with Gasteiger partial charge in [0, 0.05) is 18.3 Å². The minimum absolute atomic E-state index is 0.0436. The number of benzene rings is 4. The Hall–Kier alpha value is -6.67. The Morgan fingerprint density at radius 1 is 0.842 bits per heavy atom. The first kappa shape index (κ1) is 37.3. The molecule has 2 fully saturated rings. The van der Waals surface area contributed by atoms with E-state index in [9.17, 15) is 22.8 Å². The largest absolute Gasteiger partial charge is 0.451 e. The molecule has 2 aliphatic rings. The van der Waals surface area contributed by atoms with Crippen molar-refractivity contribution in [2.24, 2.45) is 4.99 Å². The minimum atomic E-state index is -4.09. The number of hydrogen-bond donors (Lipinski definition) is 0. The lowest BCUT2D eigenvalue weighted by Gasteiger charge is -2.37. The third kappa shape index (κ3) is 7.27. The Morgan fingerprint density at radius 3 is 1.93 bits per heavy atom. The fourth-order valence-electron chi connectivity index (χ4n) is 7.45. The molecule has 2 saturated heterocycles. The summed E-state index contributed by atoms with van der Waals surface area (Å²) in [6.07, 6.45) is 2.99. The topological polar surface area (TPSA) is 155 Å². The van der Waals surface area contributed by atoms with Crippen molar-refractivity contribution in [3.63, 3.8) is 0 Å². The molecule has 3 atom stereocenters. The number of aliphatic imine (C=N–C) groups is 1. The number of carbonyl (C=O) groups excluding carboxylic acids is 2. The van der Waals surface area contributed by atoms with E-state index in [1.165, 1.54) is 40.9 Å². The van der Waals surface area contributed by atoms with Crippen LogP contribution in [-0.4, -0.2) is 67.3 Å². The first-order chi connectivity index (χ1) is 27.6. The number of rotatable bonds is 13. The van der Waals surface area contributed by atoms with Crippen LogP contribution in [-0.2, 0) is 37.3 Å². The highest BCUT2D eigenvalue weighted by molar-refractivity contribution is 7.93. The van der Waals surface area contributed by atoms with Crippen LogP contribution in [0, 0.1) is 0 Å². The molecule has 0 unspecified atom stereocenters. The normalized spacial score (nSPS) is 19.8. The van der Waals surface area contributed by atoms with Crippen LogP contribution in [0.3, 0.4) is 0 Å². The number of hydrogen-bond acceptors (Lipinski definition) is 10. The maximum atomic E-state index is 14.2. The highest BCUT2D eigenvalue weighted by atomic mass is 32.2. The molecular weight excluding hydrogens is 745 g/mol. The van der Waals surface area contributed by atoms with Crippen LogP contribution < -0.4 is 10.3 Å². The zero-order valence-electron chi connectivity index (χ0n) is 30.8. The molecule has 2 aromatic heterocycles. The third-order valence-electron chi connectivity index (χ3n) is 10.4. The molecule has 2 aliphatic heterocycles. The fourth-order valence-corrected chi connectivity index (χ4v) is 9.81. The summed E-state index contributed by atoms with van der Waals surface area (Å²) in [4.78, 5) is 51.7. The van der Waals surface area contributed by atoms with Gasteiger partial charge < -0.3 is 14.5 Å². The Morgan fingerprint density at radius 2 is 1.39 bits per heavy atom. The summed E-state index contributed by atoms with van der Waals surface area (Å²) in [5.41, 5.74) is 3.79. The molecule has 288 valence electrons. The molecule has 8 rings (SSSR count). The molecule has 0 saturated carbocycles. The molecule has 4 aromatic carbocycles. The van der Waals surface area contributed by atoms with Crippen molar-refractivity contribution in [2.45, 2.75) is 54.8 Å². The van der Waals surface area contributed by atoms with Crippen molar-refractivity contribution >= 4 is 27.9 Å². The monoisotopic (exact) mass is 782 g/mol. The van der Waals surface area contributed by atoms with E-state index in [-0.39, 0.29) is 24.9 Å². The van der Waals surface area contributed by atoms with Crippen molar-refractivity contribution in [3.8, 4) is 0 Å². The maximum absolute atomic E-state index is 14.2. The first-order valence-electron chi connectivity index (χ1n) is 18.4. The number of ether oxygens (including phenoxy) is 1. The minimum Gasteiger partial charge on any atom is -0.451 e. The van der Waals surface area contributed by atoms with Gasteiger partial charge in [-0.25, -0.2) is 13.2 Å². The number of aromatic nitrogens is 4. The zero-order valence-corrected chi connectivity index (χ0v) is 31.6. The number of carbonyl (C=O) groups is 2. The predicted molar refractivity (Wildman–Crippen MR) is 211 cm³/mol. The van der Waals surface area contributed by atoms with Crippen molar-refractivity contribution in [2.75, 3.05) is 0 Å². The van der Waals surface area contributed by atoms with Gasteiger partial charge in [-0.3, -0.25) is 19.3 Å². The van der Waals surface area contributed by atoms with E-state index >= 15 is 0 Å². The summed E-state index contributed by atoms with van der Waals surface area (Å²) < 4.78 is 35.4. The number of pyridine rings is 1. The van der Waals surface area contributed by atoms with E-state index in [2.05, 4.69) is 15.3 Å². The van der Waals surface area contributed by atoms with Gasteiger partial charge in [0.05, 0.1) is 37.6 Å². The number of esters is 1. The smallest absolute Gasteiger partial charge is 0.331 e. The lowest BCUT2D eigenvalue weighted by molar-refractivity contribution is -0.164. The van der Waals surface area contributed by atoms with Crippen LogP contribution in [0.4, 0.5) is 0 Å². The number of sulfone groups is 1. The lowest BCUT2D eigenvalue weighted by Crippen LogP contribution is -2.58. The van der Waals surface area contributed by atoms with Gasteiger partial charge >= 0.3 is 5.97 Å². The maximum Gasteiger partial charge on any atom is 0.331 e. The van der Waals surface area contributed by atoms with Crippen LogP contribution >= 0.6 is 0 Å². The van der Waals surface area contributed by atoms with Crippen LogP contribution in [0.5, 0.6) is 0 Å². The van der Waals surface area contributed by atoms with Gasteiger partial charge in [0.1, 0.15) is 15.8 Å². The van der Waals surface area contributed by atoms with E-state index in [0.29, 0.717) is 22.5 Å². The van der Waals surface area contributed by atoms with E-state index in [1.54, 1.807) is 6.20 Å². The highest BCUT2D eigenvalue weighted by Gasteiger charge is 2.70. The van der Waals surface area contributed by atoms with E-state index in [1.807, 2.05) is 121 Å². The zero-order chi connectivity index (χ0) is 39.6. The molecule has 0 spiro atoms. The summed E-state index contributed by atoms with van der Waals surface area (Å²) in [5.74, 6) is -1.28. The fraction of sp³-hybridized carbons (Fsp3) is 0.209. The molecule has 0 aliphatic carbocycles. The van der Waals surface area contributed by atoms with E-state index in [4.69, 9.17) is 9.57 Å². The van der Waals surface area contributed by atoms with Gasteiger partial charge in [0.25, 0.3) is 0 Å². The predicted octanol–water partition coefficient (Wildman–Crippen LogP) is 4.72. The Kier molecular flexibility index (Phi) is 10.1. The van der Waals surface area contributed by atoms with Gasteiger partial charge in [0.15, 0.2) is 33.5 Å². The summed E-state index contributed by atoms with van der Waals surface area (Å²) in [6, 6.07) is 39.1. The summed E-state index contributed by atoms with van der Waals surface area (Å²) in [6.45, 7) is 1.20. The van der Waals surface area contributed by atoms with Crippen molar-refractivity contribution in [3.05, 3.63) is 190 Å². The van der Waals surface area contributed by atoms with Crippen LogP contribution in [0.2, 0.25) is 0 Å². The molecule has 14 heteroatoms. The second-order valence-electron chi connectivity index (χ2n) is 14.2. The molecule has 13 nitrogen and oxygen atoms in total. The van der Waals surface area contributed by atoms with Gasteiger partial charge in [-0.1, -0.05) is 127 Å². The van der Waals surface area contributed by atoms with Gasteiger partial charge in [0.2, 0.25) is 5.91 Å². The first-order valence-corrected chi connectivity index (χ1v) is 19.9. The Labute approximate surface area is 328 Å². The van der Waals surface area contributed by atoms with Gasteiger partial charge in [-0.05, 0) is 29.2 Å². The third-order valence-corrected chi connectivity index (χ3v) is 13.1. The van der Waals surface area contributed by atoms with Crippen molar-refractivity contribution < 1.29 is 27.6 Å². The van der Waals surface area contributed by atoms with Gasteiger partial charge in [-0.15, -0.1) is 5.10 Å². The van der Waals surface area contributed by atoms with Crippen molar-refractivity contribution in [1.29, 1.82) is 0 Å². The van der Waals surface area contributed by atoms with E-state index in [0.717, 1.165) is 16.0 Å². The standard InChI is InChI=1S/C43H38N6O7S/c1-43(41(49-37(51)25-38(49)57(43,53)54)42(52)55-39(30-14-6-2-7-15-30)31-16-8-3-9-17-31)29-47-28-34(45-46-47)26-44-27-35-24-36(50)22-23-48(35)56-40(32-18-10-4-11-19-32)33-20-12-5-13-21-33/h2-24,26,28,38-41H,25,27,29H2,1H3/t38-,41+,43+/m1/s1. The van der Waals surface area contributed by atoms with Crippen LogP contribution in [0.15, 0.2) is 156 Å². The molecule has 6 aromatic rings. The summed E-state index contributed by atoms with van der Waals surface area (Å²) in [7, 11) is -4.09. The average Bonchev–Trinajstić information content (AvgIpc) is 3.72. The van der Waals surface area contributed by atoms with Crippen LogP contribution in [0.25, 0.3) is 0 Å². The lowest BCUT2D eigenvalue weighted by atomic mass is 9.95. The summed E-state index contributed by atoms with van der Waals surface area (Å²) >= 11 is 0. The molecule has 1 amide bonds. The summed E-state index contributed by atoms with van der Waals surface area (Å²) in [5, 5.41) is 7.19. The average molecular weight is 783 g/mol. The van der Waals surface area contributed by atoms with Crippen molar-refractivity contribution in [1.82, 2.24) is 24.6 Å². The second kappa shape index (κ2) is 15.5. The van der Waals surface area contributed by atoms with Gasteiger partial charge in [-0.2, -0.15) is 4.73 Å². The highest BCUT2D eigenvalue weighted by Crippen LogP contribution is 2.47. The molecule has 4 heterocycles. The van der Waals surface area contributed by atoms with Crippen LogP contribution in [0.1, 0.15) is 59.2 Å². The number of nitrogens with zero attached hydrogens (tertiary/aromatic N) is 6. The molecule has 0 radical (unpaired) electrons. The Bertz CT molecular complexity index is 2510. The number of β-lactam (4-membered cyclic amide) rings is 1. The second-order valence-corrected chi connectivity index (χ2v) is 16.7. The SMILES string of the molecule is C[C@]1(Cn2cc(C=NCc3cc(=O)ccn3OC(c3ccccc3)c3ccccc3)nn2)[C@H](C(=O)OC(c2ccccc2)c2ccccc2)N2C(=O)C[C@H]2S1(=O)=O. The number of fused-ring (bicyclic) bond motifs is 1. The molecule has 0 bridgehead atoms. The molecular formula is C43H38N6O7S. The number of amides is 1. The quantitative estimate of drug-likeness (QED) is 0.0920. The molecule has 57 heavy (non-hydrogen) atoms. The molecule has 0 N–H and O–H groups in total. The van der Waals surface area contributed by atoms with E-state index < -0.39 is 50.1 Å².